The van der Waals surface area contributed by atoms with Gasteiger partial charge in [-0.1, -0.05) is 18.2 Å². The number of carboxylic acid groups (broad SMARTS) is 1. The fourth-order valence-electron chi connectivity index (χ4n) is 1.75. The van der Waals surface area contributed by atoms with Crippen LogP contribution in [0.25, 0.3) is 0 Å². The van der Waals surface area contributed by atoms with Crippen LogP contribution in [0, 0.1) is 0 Å². The van der Waals surface area contributed by atoms with Crippen LogP contribution in [0.2, 0.25) is 0 Å². The Morgan fingerprint density at radius 2 is 2.12 bits per heavy atom. The smallest absolute Gasteiger partial charge is 0.310 e. The highest BCUT2D eigenvalue weighted by molar-refractivity contribution is 5.76. The van der Waals surface area contributed by atoms with Crippen LogP contribution in [0.3, 0.4) is 0 Å². The molecule has 0 saturated heterocycles. The van der Waals surface area contributed by atoms with Gasteiger partial charge in [-0.2, -0.15) is 0 Å². The van der Waals surface area contributed by atoms with Crippen LogP contribution in [-0.4, -0.2) is 17.2 Å². The molecule has 16 heavy (non-hydrogen) atoms. The highest BCUT2D eigenvalue weighted by Gasteiger charge is 2.23. The lowest BCUT2D eigenvalue weighted by molar-refractivity contribution is -0.138. The van der Waals surface area contributed by atoms with E-state index in [9.17, 15) is 4.79 Å². The Balaban J connectivity index is 2.18. The summed E-state index contributed by atoms with van der Waals surface area (Å²) >= 11 is 0. The molecule has 1 aliphatic rings. The first-order chi connectivity index (χ1) is 7.68. The Morgan fingerprint density at radius 3 is 2.69 bits per heavy atom. The summed E-state index contributed by atoms with van der Waals surface area (Å²) in [6, 6.07) is 7.41. The summed E-state index contributed by atoms with van der Waals surface area (Å²) in [5.74, 6) is -0.608. The minimum Gasteiger partial charge on any atom is -0.490 e. The SMILES string of the molecule is CC(C(=O)O)c1ccccc1OC1CCC1. The Hall–Kier alpha value is -1.51. The number of para-hydroxylation sites is 1. The number of benzene rings is 1. The second-order valence-electron chi connectivity index (χ2n) is 4.27. The van der Waals surface area contributed by atoms with Crippen molar-refractivity contribution in [1.82, 2.24) is 0 Å². The van der Waals surface area contributed by atoms with E-state index < -0.39 is 11.9 Å². The zero-order chi connectivity index (χ0) is 11.5. The van der Waals surface area contributed by atoms with Gasteiger partial charge in [0, 0.05) is 5.56 Å². The number of rotatable bonds is 4. The van der Waals surface area contributed by atoms with Gasteiger partial charge in [-0.05, 0) is 32.3 Å². The highest BCUT2D eigenvalue weighted by Crippen LogP contribution is 2.31. The fraction of sp³-hybridized carbons (Fsp3) is 0.462. The van der Waals surface area contributed by atoms with Crippen molar-refractivity contribution >= 4 is 5.97 Å². The molecule has 0 spiro atoms. The average molecular weight is 220 g/mol. The van der Waals surface area contributed by atoms with Gasteiger partial charge < -0.3 is 9.84 Å². The summed E-state index contributed by atoms with van der Waals surface area (Å²) in [6.45, 7) is 1.69. The molecule has 0 amide bonds. The first-order valence-electron chi connectivity index (χ1n) is 5.67. The molecular weight excluding hydrogens is 204 g/mol. The van der Waals surface area contributed by atoms with Crippen molar-refractivity contribution in [3.63, 3.8) is 0 Å². The predicted molar refractivity (Wildman–Crippen MR) is 60.8 cm³/mol. The van der Waals surface area contributed by atoms with Crippen LogP contribution < -0.4 is 4.74 Å². The summed E-state index contributed by atoms with van der Waals surface area (Å²) in [7, 11) is 0. The molecule has 3 heteroatoms. The summed E-state index contributed by atoms with van der Waals surface area (Å²) in [5, 5.41) is 9.01. The van der Waals surface area contributed by atoms with E-state index in [0.29, 0.717) is 0 Å². The molecule has 0 radical (unpaired) electrons. The topological polar surface area (TPSA) is 46.5 Å². The van der Waals surface area contributed by atoms with Gasteiger partial charge >= 0.3 is 5.97 Å². The summed E-state index contributed by atoms with van der Waals surface area (Å²) in [5.41, 5.74) is 0.766. The molecule has 1 fully saturated rings. The van der Waals surface area contributed by atoms with Gasteiger partial charge in [0.15, 0.2) is 0 Å². The van der Waals surface area contributed by atoms with E-state index >= 15 is 0 Å². The number of hydrogen-bond acceptors (Lipinski definition) is 2. The lowest BCUT2D eigenvalue weighted by Gasteiger charge is -2.28. The number of carboxylic acids is 1. The number of ether oxygens (including phenoxy) is 1. The number of carbonyl (C=O) groups is 1. The Labute approximate surface area is 95.0 Å². The molecule has 1 aromatic rings. The molecule has 1 unspecified atom stereocenters. The third kappa shape index (κ3) is 2.18. The van der Waals surface area contributed by atoms with Crippen molar-refractivity contribution < 1.29 is 14.6 Å². The van der Waals surface area contributed by atoms with Crippen molar-refractivity contribution in [2.24, 2.45) is 0 Å². The zero-order valence-corrected chi connectivity index (χ0v) is 9.35. The van der Waals surface area contributed by atoms with Crippen LogP contribution in [-0.2, 0) is 4.79 Å². The minimum atomic E-state index is -0.815. The quantitative estimate of drug-likeness (QED) is 0.848. The zero-order valence-electron chi connectivity index (χ0n) is 9.35. The van der Waals surface area contributed by atoms with E-state index in [0.717, 1.165) is 24.2 Å². The van der Waals surface area contributed by atoms with Gasteiger partial charge in [0.25, 0.3) is 0 Å². The largest absolute Gasteiger partial charge is 0.490 e. The van der Waals surface area contributed by atoms with E-state index in [4.69, 9.17) is 9.84 Å². The molecule has 1 N–H and O–H groups in total. The van der Waals surface area contributed by atoms with Gasteiger partial charge in [0.05, 0.1) is 12.0 Å². The standard InChI is InChI=1S/C13H16O3/c1-9(13(14)15)11-7-2-3-8-12(11)16-10-5-4-6-10/h2-3,7-10H,4-6H2,1H3,(H,14,15). The van der Waals surface area contributed by atoms with E-state index in [1.54, 1.807) is 6.92 Å². The Kier molecular flexibility index (Phi) is 3.13. The van der Waals surface area contributed by atoms with E-state index in [-0.39, 0.29) is 6.10 Å². The monoisotopic (exact) mass is 220 g/mol. The molecule has 1 saturated carbocycles. The molecule has 1 aromatic carbocycles. The number of hydrogen-bond donors (Lipinski definition) is 1. The van der Waals surface area contributed by atoms with Crippen molar-refractivity contribution in [2.75, 3.05) is 0 Å². The molecule has 1 aliphatic carbocycles. The molecule has 0 heterocycles. The second kappa shape index (κ2) is 4.56. The molecule has 2 rings (SSSR count). The summed E-state index contributed by atoms with van der Waals surface area (Å²) in [6.07, 6.45) is 3.65. The molecule has 86 valence electrons. The van der Waals surface area contributed by atoms with Crippen LogP contribution in [0.15, 0.2) is 24.3 Å². The van der Waals surface area contributed by atoms with Crippen molar-refractivity contribution in [1.29, 1.82) is 0 Å². The van der Waals surface area contributed by atoms with E-state index in [2.05, 4.69) is 0 Å². The summed E-state index contributed by atoms with van der Waals surface area (Å²) in [4.78, 5) is 11.0. The van der Waals surface area contributed by atoms with Gasteiger partial charge in [0.1, 0.15) is 5.75 Å². The Bertz CT molecular complexity index is 383. The van der Waals surface area contributed by atoms with Gasteiger partial charge in [-0.25, -0.2) is 0 Å². The number of aliphatic carboxylic acids is 1. The van der Waals surface area contributed by atoms with Crippen LogP contribution in [0.4, 0.5) is 0 Å². The van der Waals surface area contributed by atoms with E-state index in [1.807, 2.05) is 24.3 Å². The minimum absolute atomic E-state index is 0.280. The first-order valence-corrected chi connectivity index (χ1v) is 5.67. The van der Waals surface area contributed by atoms with E-state index in [1.165, 1.54) is 6.42 Å². The van der Waals surface area contributed by atoms with Gasteiger partial charge in [-0.15, -0.1) is 0 Å². The lowest BCUT2D eigenvalue weighted by atomic mass is 9.95. The molecular formula is C13H16O3. The van der Waals surface area contributed by atoms with Gasteiger partial charge in [-0.3, -0.25) is 4.79 Å². The molecule has 0 aliphatic heterocycles. The van der Waals surface area contributed by atoms with Crippen molar-refractivity contribution in [2.45, 2.75) is 38.2 Å². The molecule has 0 bridgehead atoms. The molecule has 1 atom stereocenters. The van der Waals surface area contributed by atoms with Crippen molar-refractivity contribution in [3.8, 4) is 5.75 Å². The third-order valence-corrected chi connectivity index (χ3v) is 3.10. The van der Waals surface area contributed by atoms with Crippen LogP contribution in [0.1, 0.15) is 37.7 Å². The molecule has 0 aromatic heterocycles. The fourth-order valence-corrected chi connectivity index (χ4v) is 1.75. The van der Waals surface area contributed by atoms with Crippen LogP contribution in [0.5, 0.6) is 5.75 Å². The highest BCUT2D eigenvalue weighted by atomic mass is 16.5. The average Bonchev–Trinajstić information content (AvgIpc) is 2.23. The maximum atomic E-state index is 11.0. The first kappa shape index (κ1) is 11.0. The predicted octanol–water partition coefficient (Wildman–Crippen LogP) is 2.81. The maximum Gasteiger partial charge on any atom is 0.310 e. The molecule has 3 nitrogen and oxygen atoms in total. The normalized spacial score (nSPS) is 17.6. The third-order valence-electron chi connectivity index (χ3n) is 3.10. The summed E-state index contributed by atoms with van der Waals surface area (Å²) < 4.78 is 5.79. The van der Waals surface area contributed by atoms with Crippen molar-refractivity contribution in [3.05, 3.63) is 29.8 Å². The lowest BCUT2D eigenvalue weighted by Crippen LogP contribution is -2.25. The Morgan fingerprint density at radius 1 is 1.44 bits per heavy atom. The second-order valence-corrected chi connectivity index (χ2v) is 4.27. The van der Waals surface area contributed by atoms with Gasteiger partial charge in [0.2, 0.25) is 0 Å². The van der Waals surface area contributed by atoms with Crippen LogP contribution >= 0.6 is 0 Å². The maximum absolute atomic E-state index is 11.0.